The van der Waals surface area contributed by atoms with Gasteiger partial charge in [-0.1, -0.05) is 0 Å². The summed E-state index contributed by atoms with van der Waals surface area (Å²) in [6.45, 7) is 3.86. The summed E-state index contributed by atoms with van der Waals surface area (Å²) in [6, 6.07) is 0. The van der Waals surface area contributed by atoms with Gasteiger partial charge in [0.25, 0.3) is 0 Å². The molecule has 0 aromatic heterocycles. The molecule has 2 aliphatic rings. The first-order valence-corrected chi connectivity index (χ1v) is 7.32. The maximum Gasteiger partial charge on any atom is 0.222 e. The van der Waals surface area contributed by atoms with Gasteiger partial charge in [-0.25, -0.2) is 0 Å². The van der Waals surface area contributed by atoms with Crippen molar-refractivity contribution in [1.29, 1.82) is 0 Å². The van der Waals surface area contributed by atoms with Crippen molar-refractivity contribution in [3.05, 3.63) is 0 Å². The van der Waals surface area contributed by atoms with Crippen LogP contribution in [0.3, 0.4) is 0 Å². The van der Waals surface area contributed by atoms with Gasteiger partial charge in [-0.05, 0) is 51.1 Å². The second-order valence-electron chi connectivity index (χ2n) is 5.64. The molecule has 4 nitrogen and oxygen atoms in total. The highest BCUT2D eigenvalue weighted by Crippen LogP contribution is 2.19. The fourth-order valence-corrected chi connectivity index (χ4v) is 2.88. The first-order chi connectivity index (χ1) is 8.75. The van der Waals surface area contributed by atoms with Crippen LogP contribution in [0.25, 0.3) is 0 Å². The van der Waals surface area contributed by atoms with Crippen LogP contribution in [0.1, 0.15) is 38.5 Å². The molecule has 1 atom stereocenters. The maximum absolute atomic E-state index is 12.0. The number of nitrogens with one attached hydrogen (secondary N) is 1. The van der Waals surface area contributed by atoms with Gasteiger partial charge in [-0.2, -0.15) is 0 Å². The van der Waals surface area contributed by atoms with Crippen LogP contribution >= 0.6 is 0 Å². The van der Waals surface area contributed by atoms with Gasteiger partial charge in [0.2, 0.25) is 5.91 Å². The molecule has 0 bridgehead atoms. The normalized spacial score (nSPS) is 25.3. The highest BCUT2D eigenvalue weighted by atomic mass is 16.5. The summed E-state index contributed by atoms with van der Waals surface area (Å²) in [6.07, 6.45) is 6.72. The first kappa shape index (κ1) is 13.8. The molecule has 18 heavy (non-hydrogen) atoms. The molecule has 2 heterocycles. The van der Waals surface area contributed by atoms with E-state index in [-0.39, 0.29) is 12.0 Å². The van der Waals surface area contributed by atoms with Crippen LogP contribution in [0.15, 0.2) is 0 Å². The number of hydrogen-bond donors (Lipinski definition) is 1. The molecule has 1 unspecified atom stereocenters. The molecular formula is C14H26N2O2. The molecule has 104 valence electrons. The lowest BCUT2D eigenvalue weighted by molar-refractivity contribution is -0.131. The second-order valence-corrected chi connectivity index (χ2v) is 5.64. The lowest BCUT2D eigenvalue weighted by atomic mass is 9.93. The SMILES string of the molecule is CN(CC1CCCO1)C(=O)CCC1CCNCC1. The first-order valence-electron chi connectivity index (χ1n) is 7.32. The molecular weight excluding hydrogens is 228 g/mol. The topological polar surface area (TPSA) is 41.6 Å². The summed E-state index contributed by atoms with van der Waals surface area (Å²) in [5.41, 5.74) is 0. The third-order valence-electron chi connectivity index (χ3n) is 4.15. The molecule has 0 spiro atoms. The van der Waals surface area contributed by atoms with E-state index in [9.17, 15) is 4.79 Å². The van der Waals surface area contributed by atoms with Crippen LogP contribution in [0.4, 0.5) is 0 Å². The largest absolute Gasteiger partial charge is 0.376 e. The summed E-state index contributed by atoms with van der Waals surface area (Å²) in [5, 5.41) is 3.36. The zero-order valence-corrected chi connectivity index (χ0v) is 11.5. The van der Waals surface area contributed by atoms with Gasteiger partial charge in [0, 0.05) is 26.6 Å². The van der Waals surface area contributed by atoms with E-state index in [1.807, 2.05) is 11.9 Å². The predicted molar refractivity (Wildman–Crippen MR) is 71.4 cm³/mol. The molecule has 4 heteroatoms. The van der Waals surface area contributed by atoms with E-state index >= 15 is 0 Å². The monoisotopic (exact) mass is 254 g/mol. The summed E-state index contributed by atoms with van der Waals surface area (Å²) in [7, 11) is 1.91. The Bertz CT molecular complexity index is 259. The number of likely N-dealkylation sites (N-methyl/N-ethyl adjacent to an activating group) is 1. The zero-order chi connectivity index (χ0) is 12.8. The number of nitrogens with zero attached hydrogens (tertiary/aromatic N) is 1. The standard InChI is InChI=1S/C14H26N2O2/c1-16(11-13-3-2-10-18-13)14(17)5-4-12-6-8-15-9-7-12/h12-13,15H,2-11H2,1H3. The zero-order valence-electron chi connectivity index (χ0n) is 11.5. The van der Waals surface area contributed by atoms with Gasteiger partial charge in [0.05, 0.1) is 6.10 Å². The molecule has 1 amide bonds. The average molecular weight is 254 g/mol. The highest BCUT2D eigenvalue weighted by Gasteiger charge is 2.21. The van der Waals surface area contributed by atoms with Crippen LogP contribution in [0.5, 0.6) is 0 Å². The molecule has 0 saturated carbocycles. The van der Waals surface area contributed by atoms with Crippen LogP contribution in [-0.4, -0.2) is 50.2 Å². The Kier molecular flexibility index (Phi) is 5.45. The van der Waals surface area contributed by atoms with E-state index in [0.717, 1.165) is 51.4 Å². The van der Waals surface area contributed by atoms with Crippen molar-refractivity contribution in [2.45, 2.75) is 44.6 Å². The van der Waals surface area contributed by atoms with Crippen molar-refractivity contribution in [3.8, 4) is 0 Å². The van der Waals surface area contributed by atoms with E-state index in [4.69, 9.17) is 4.74 Å². The Hall–Kier alpha value is -0.610. The summed E-state index contributed by atoms with van der Waals surface area (Å²) in [4.78, 5) is 13.9. The number of hydrogen-bond acceptors (Lipinski definition) is 3. The van der Waals surface area contributed by atoms with Gasteiger partial charge in [0.15, 0.2) is 0 Å². The molecule has 2 aliphatic heterocycles. The van der Waals surface area contributed by atoms with E-state index in [1.165, 1.54) is 12.8 Å². The molecule has 0 aromatic rings. The minimum absolute atomic E-state index is 0.276. The molecule has 1 N–H and O–H groups in total. The molecule has 0 aromatic carbocycles. The number of piperidine rings is 1. The molecule has 0 aliphatic carbocycles. The number of carbonyl (C=O) groups excluding carboxylic acids is 1. The minimum atomic E-state index is 0.276. The maximum atomic E-state index is 12.0. The van der Waals surface area contributed by atoms with Crippen molar-refractivity contribution >= 4 is 5.91 Å². The summed E-state index contributed by atoms with van der Waals surface area (Å²) < 4.78 is 5.57. The lowest BCUT2D eigenvalue weighted by Gasteiger charge is -2.24. The highest BCUT2D eigenvalue weighted by molar-refractivity contribution is 5.75. The van der Waals surface area contributed by atoms with Crippen LogP contribution < -0.4 is 5.32 Å². The van der Waals surface area contributed by atoms with E-state index in [1.54, 1.807) is 0 Å². The van der Waals surface area contributed by atoms with Crippen molar-refractivity contribution in [1.82, 2.24) is 10.2 Å². The number of carbonyl (C=O) groups is 1. The predicted octanol–water partition coefficient (Wildman–Crippen LogP) is 1.40. The van der Waals surface area contributed by atoms with E-state index < -0.39 is 0 Å². The van der Waals surface area contributed by atoms with Crippen molar-refractivity contribution in [3.63, 3.8) is 0 Å². The van der Waals surface area contributed by atoms with Crippen molar-refractivity contribution < 1.29 is 9.53 Å². The Morgan fingerprint density at radius 2 is 2.11 bits per heavy atom. The molecule has 2 saturated heterocycles. The fourth-order valence-electron chi connectivity index (χ4n) is 2.88. The quantitative estimate of drug-likeness (QED) is 0.806. The summed E-state index contributed by atoms with van der Waals surface area (Å²) in [5.74, 6) is 1.02. The number of ether oxygens (including phenoxy) is 1. The van der Waals surface area contributed by atoms with E-state index in [2.05, 4.69) is 5.32 Å². The third-order valence-corrected chi connectivity index (χ3v) is 4.15. The Labute approximate surface area is 110 Å². The third kappa shape index (κ3) is 4.25. The Morgan fingerprint density at radius 3 is 2.78 bits per heavy atom. The van der Waals surface area contributed by atoms with Crippen LogP contribution in [-0.2, 0) is 9.53 Å². The van der Waals surface area contributed by atoms with Gasteiger partial charge in [0.1, 0.15) is 0 Å². The van der Waals surface area contributed by atoms with Gasteiger partial charge in [-0.3, -0.25) is 4.79 Å². The average Bonchev–Trinajstić information content (AvgIpc) is 2.90. The number of rotatable bonds is 5. The lowest BCUT2D eigenvalue weighted by Crippen LogP contribution is -2.34. The van der Waals surface area contributed by atoms with Crippen molar-refractivity contribution in [2.75, 3.05) is 33.3 Å². The molecule has 2 rings (SSSR count). The fraction of sp³-hybridized carbons (Fsp3) is 0.929. The van der Waals surface area contributed by atoms with Gasteiger partial charge < -0.3 is 15.0 Å². The molecule has 2 fully saturated rings. The smallest absolute Gasteiger partial charge is 0.222 e. The Balaban J connectivity index is 1.63. The van der Waals surface area contributed by atoms with Gasteiger partial charge in [-0.15, -0.1) is 0 Å². The molecule has 0 radical (unpaired) electrons. The van der Waals surface area contributed by atoms with Crippen LogP contribution in [0, 0.1) is 5.92 Å². The summed E-state index contributed by atoms with van der Waals surface area (Å²) >= 11 is 0. The van der Waals surface area contributed by atoms with Crippen LogP contribution in [0.2, 0.25) is 0 Å². The van der Waals surface area contributed by atoms with E-state index in [0.29, 0.717) is 6.42 Å². The number of amides is 1. The minimum Gasteiger partial charge on any atom is -0.376 e. The second kappa shape index (κ2) is 7.10. The van der Waals surface area contributed by atoms with Crippen molar-refractivity contribution in [2.24, 2.45) is 5.92 Å². The Morgan fingerprint density at radius 1 is 1.33 bits per heavy atom. The van der Waals surface area contributed by atoms with Gasteiger partial charge >= 0.3 is 0 Å².